The summed E-state index contributed by atoms with van der Waals surface area (Å²) in [7, 11) is 1.64. The van der Waals surface area contributed by atoms with Gasteiger partial charge in [-0.1, -0.05) is 30.3 Å². The standard InChI is InChI=1S/C17H19NO2S/c1-13(14-7-6-8-15(11-14)20-2)18-17(19)12-21-16-9-4-3-5-10-16/h3-11,13H,12H2,1-2H3,(H,18,19)/t13-/m1/s1. The molecule has 4 heteroatoms. The highest BCUT2D eigenvalue weighted by Crippen LogP contribution is 2.20. The van der Waals surface area contributed by atoms with E-state index in [1.54, 1.807) is 7.11 Å². The molecular weight excluding hydrogens is 282 g/mol. The first-order valence-electron chi connectivity index (χ1n) is 6.80. The van der Waals surface area contributed by atoms with Gasteiger partial charge < -0.3 is 10.1 Å². The van der Waals surface area contributed by atoms with Crippen LogP contribution in [0.5, 0.6) is 5.75 Å². The first kappa shape index (κ1) is 15.4. The number of carbonyl (C=O) groups is 1. The average Bonchev–Trinajstić information content (AvgIpc) is 2.54. The molecule has 0 unspecified atom stereocenters. The van der Waals surface area contributed by atoms with E-state index in [1.165, 1.54) is 11.8 Å². The van der Waals surface area contributed by atoms with Crippen molar-refractivity contribution in [1.29, 1.82) is 0 Å². The summed E-state index contributed by atoms with van der Waals surface area (Å²) in [6.45, 7) is 1.97. The first-order valence-corrected chi connectivity index (χ1v) is 7.79. The van der Waals surface area contributed by atoms with E-state index in [4.69, 9.17) is 4.74 Å². The lowest BCUT2D eigenvalue weighted by atomic mass is 10.1. The topological polar surface area (TPSA) is 38.3 Å². The molecule has 0 saturated carbocycles. The average molecular weight is 301 g/mol. The van der Waals surface area contributed by atoms with E-state index in [0.29, 0.717) is 5.75 Å². The van der Waals surface area contributed by atoms with E-state index >= 15 is 0 Å². The number of benzene rings is 2. The summed E-state index contributed by atoms with van der Waals surface area (Å²) < 4.78 is 5.20. The van der Waals surface area contributed by atoms with E-state index < -0.39 is 0 Å². The van der Waals surface area contributed by atoms with Gasteiger partial charge in [0, 0.05) is 4.90 Å². The van der Waals surface area contributed by atoms with Gasteiger partial charge in [-0.3, -0.25) is 4.79 Å². The second-order valence-corrected chi connectivity index (χ2v) is 5.72. The minimum atomic E-state index is -0.0380. The predicted molar refractivity (Wildman–Crippen MR) is 86.7 cm³/mol. The SMILES string of the molecule is COc1cccc([C@@H](C)NC(=O)CSc2ccccc2)c1. The van der Waals surface area contributed by atoms with Crippen molar-refractivity contribution in [2.24, 2.45) is 0 Å². The zero-order valence-electron chi connectivity index (χ0n) is 12.2. The van der Waals surface area contributed by atoms with Crippen molar-refractivity contribution in [3.63, 3.8) is 0 Å². The molecule has 0 radical (unpaired) electrons. The van der Waals surface area contributed by atoms with E-state index in [2.05, 4.69) is 5.32 Å². The van der Waals surface area contributed by atoms with Gasteiger partial charge >= 0.3 is 0 Å². The molecule has 1 amide bonds. The molecule has 0 bridgehead atoms. The first-order chi connectivity index (χ1) is 10.2. The smallest absolute Gasteiger partial charge is 0.230 e. The monoisotopic (exact) mass is 301 g/mol. The number of methoxy groups -OCH3 is 1. The number of amides is 1. The third-order valence-corrected chi connectivity index (χ3v) is 4.10. The molecule has 0 aliphatic rings. The van der Waals surface area contributed by atoms with Crippen molar-refractivity contribution in [3.8, 4) is 5.75 Å². The molecule has 0 heterocycles. The molecule has 1 N–H and O–H groups in total. The van der Waals surface area contributed by atoms with Crippen LogP contribution in [0.25, 0.3) is 0 Å². The Labute approximate surface area is 129 Å². The highest BCUT2D eigenvalue weighted by molar-refractivity contribution is 8.00. The molecule has 1 atom stereocenters. The molecule has 0 aromatic heterocycles. The second kappa shape index (κ2) is 7.74. The van der Waals surface area contributed by atoms with Crippen LogP contribution in [0.1, 0.15) is 18.5 Å². The van der Waals surface area contributed by atoms with Gasteiger partial charge in [0.15, 0.2) is 0 Å². The maximum Gasteiger partial charge on any atom is 0.230 e. The third-order valence-electron chi connectivity index (χ3n) is 3.08. The van der Waals surface area contributed by atoms with E-state index in [9.17, 15) is 4.79 Å². The summed E-state index contributed by atoms with van der Waals surface area (Å²) in [6, 6.07) is 17.6. The van der Waals surface area contributed by atoms with Crippen molar-refractivity contribution >= 4 is 17.7 Å². The Morgan fingerprint density at radius 3 is 2.67 bits per heavy atom. The summed E-state index contributed by atoms with van der Waals surface area (Å²) in [5, 5.41) is 3.00. The number of hydrogen-bond donors (Lipinski definition) is 1. The molecule has 0 saturated heterocycles. The lowest BCUT2D eigenvalue weighted by Gasteiger charge is -2.15. The van der Waals surface area contributed by atoms with Crippen LogP contribution in [0, 0.1) is 0 Å². The fraction of sp³-hybridized carbons (Fsp3) is 0.235. The van der Waals surface area contributed by atoms with Crippen LogP contribution >= 0.6 is 11.8 Å². The summed E-state index contributed by atoms with van der Waals surface area (Å²) in [6.07, 6.45) is 0. The summed E-state index contributed by atoms with van der Waals surface area (Å²) in [5.74, 6) is 1.24. The Bertz CT molecular complexity index is 586. The van der Waals surface area contributed by atoms with Crippen LogP contribution in [-0.2, 0) is 4.79 Å². The molecule has 2 aromatic rings. The highest BCUT2D eigenvalue weighted by Gasteiger charge is 2.10. The fourth-order valence-electron chi connectivity index (χ4n) is 1.94. The molecule has 2 aromatic carbocycles. The van der Waals surface area contributed by atoms with Crippen molar-refractivity contribution < 1.29 is 9.53 Å². The van der Waals surface area contributed by atoms with Crippen molar-refractivity contribution in [2.75, 3.05) is 12.9 Å². The molecule has 2 rings (SSSR count). The maximum atomic E-state index is 12.0. The molecule has 110 valence electrons. The van der Waals surface area contributed by atoms with E-state index in [0.717, 1.165) is 16.2 Å². The van der Waals surface area contributed by atoms with Crippen LogP contribution in [0.2, 0.25) is 0 Å². The summed E-state index contributed by atoms with van der Waals surface area (Å²) in [4.78, 5) is 13.1. The Balaban J connectivity index is 1.87. The van der Waals surface area contributed by atoms with Gasteiger partial charge in [-0.05, 0) is 36.8 Å². The van der Waals surface area contributed by atoms with Crippen molar-refractivity contribution in [2.45, 2.75) is 17.9 Å². The van der Waals surface area contributed by atoms with Crippen molar-refractivity contribution in [1.82, 2.24) is 5.32 Å². The third kappa shape index (κ3) is 4.83. The zero-order valence-corrected chi connectivity index (χ0v) is 13.0. The van der Waals surface area contributed by atoms with Gasteiger partial charge in [0.1, 0.15) is 5.75 Å². The van der Waals surface area contributed by atoms with E-state index in [-0.39, 0.29) is 11.9 Å². The minimum absolute atomic E-state index is 0.0270. The van der Waals surface area contributed by atoms with Crippen LogP contribution in [0.3, 0.4) is 0 Å². The minimum Gasteiger partial charge on any atom is -0.497 e. The number of hydrogen-bond acceptors (Lipinski definition) is 3. The lowest BCUT2D eigenvalue weighted by molar-refractivity contribution is -0.119. The summed E-state index contributed by atoms with van der Waals surface area (Å²) >= 11 is 1.54. The lowest BCUT2D eigenvalue weighted by Crippen LogP contribution is -2.28. The van der Waals surface area contributed by atoms with Crippen molar-refractivity contribution in [3.05, 3.63) is 60.2 Å². The molecule has 0 aliphatic carbocycles. The van der Waals surface area contributed by atoms with Crippen LogP contribution in [-0.4, -0.2) is 18.8 Å². The predicted octanol–water partition coefficient (Wildman–Crippen LogP) is 3.66. The highest BCUT2D eigenvalue weighted by atomic mass is 32.2. The van der Waals surface area contributed by atoms with E-state index in [1.807, 2.05) is 61.5 Å². The number of thioether (sulfide) groups is 1. The van der Waals surface area contributed by atoms with Gasteiger partial charge in [0.2, 0.25) is 5.91 Å². The van der Waals surface area contributed by atoms with Gasteiger partial charge in [-0.15, -0.1) is 11.8 Å². The quantitative estimate of drug-likeness (QED) is 0.827. The second-order valence-electron chi connectivity index (χ2n) is 4.67. The number of rotatable bonds is 6. The molecule has 3 nitrogen and oxygen atoms in total. The fourth-order valence-corrected chi connectivity index (χ4v) is 2.67. The maximum absolute atomic E-state index is 12.0. The largest absolute Gasteiger partial charge is 0.497 e. The Kier molecular flexibility index (Phi) is 5.69. The van der Waals surface area contributed by atoms with Crippen LogP contribution < -0.4 is 10.1 Å². The molecule has 21 heavy (non-hydrogen) atoms. The van der Waals surface area contributed by atoms with Gasteiger partial charge in [-0.25, -0.2) is 0 Å². The summed E-state index contributed by atoms with van der Waals surface area (Å²) in [5.41, 5.74) is 1.03. The molecule has 0 spiro atoms. The van der Waals surface area contributed by atoms with Gasteiger partial charge in [0.05, 0.1) is 18.9 Å². The van der Waals surface area contributed by atoms with Gasteiger partial charge in [0.25, 0.3) is 0 Å². The molecule has 0 aliphatic heterocycles. The Morgan fingerprint density at radius 1 is 1.19 bits per heavy atom. The van der Waals surface area contributed by atoms with Gasteiger partial charge in [-0.2, -0.15) is 0 Å². The Morgan fingerprint density at radius 2 is 1.95 bits per heavy atom. The number of carbonyl (C=O) groups excluding carboxylic acids is 1. The number of ether oxygens (including phenoxy) is 1. The zero-order chi connectivity index (χ0) is 15.1. The molecule has 0 fully saturated rings. The molecular formula is C17H19NO2S. The van der Waals surface area contributed by atoms with Crippen LogP contribution in [0.4, 0.5) is 0 Å². The Hall–Kier alpha value is -1.94. The normalized spacial score (nSPS) is 11.7. The number of nitrogens with one attached hydrogen (secondary N) is 1. The van der Waals surface area contributed by atoms with Crippen LogP contribution in [0.15, 0.2) is 59.5 Å².